The van der Waals surface area contributed by atoms with Crippen LogP contribution in [-0.2, 0) is 6.54 Å². The van der Waals surface area contributed by atoms with Gasteiger partial charge >= 0.3 is 0 Å². The third kappa shape index (κ3) is 3.30. The smallest absolute Gasteiger partial charge is 0.255 e. The van der Waals surface area contributed by atoms with Crippen LogP contribution in [0.2, 0.25) is 0 Å². The molecule has 0 atom stereocenters. The second-order valence-electron chi connectivity index (χ2n) is 4.00. The van der Waals surface area contributed by atoms with Gasteiger partial charge in [0.1, 0.15) is 17.5 Å². The predicted octanol–water partition coefficient (Wildman–Crippen LogP) is 2.63. The number of anilines is 1. The molecule has 2 aromatic rings. The van der Waals surface area contributed by atoms with Crippen LogP contribution >= 0.6 is 15.9 Å². The lowest BCUT2D eigenvalue weighted by molar-refractivity contribution is 0.0951. The molecule has 1 amide bonds. The minimum absolute atomic E-state index is 0.0725. The second kappa shape index (κ2) is 5.96. The summed E-state index contributed by atoms with van der Waals surface area (Å²) in [7, 11) is 0. The number of carbonyl (C=O) groups is 1. The zero-order chi connectivity index (χ0) is 14.7. The molecule has 20 heavy (non-hydrogen) atoms. The number of benzene rings is 1. The monoisotopic (exact) mass is 341 g/mol. The Morgan fingerprint density at radius 1 is 1.35 bits per heavy atom. The van der Waals surface area contributed by atoms with Gasteiger partial charge in [-0.3, -0.25) is 4.79 Å². The van der Waals surface area contributed by atoms with Crippen molar-refractivity contribution >= 4 is 27.7 Å². The zero-order valence-electron chi connectivity index (χ0n) is 10.2. The number of halogens is 3. The van der Waals surface area contributed by atoms with Gasteiger partial charge in [-0.05, 0) is 28.1 Å². The van der Waals surface area contributed by atoms with Gasteiger partial charge in [-0.15, -0.1) is 0 Å². The van der Waals surface area contributed by atoms with Crippen molar-refractivity contribution in [3.8, 4) is 0 Å². The molecule has 2 rings (SSSR count). The van der Waals surface area contributed by atoms with Crippen molar-refractivity contribution in [3.63, 3.8) is 0 Å². The van der Waals surface area contributed by atoms with Crippen molar-refractivity contribution in [2.45, 2.75) is 6.54 Å². The van der Waals surface area contributed by atoms with Crippen LogP contribution in [0.3, 0.4) is 0 Å². The van der Waals surface area contributed by atoms with Crippen LogP contribution in [-0.4, -0.2) is 10.9 Å². The Bertz CT molecular complexity index is 664. The maximum absolute atomic E-state index is 13.4. The Labute approximate surface area is 122 Å². The van der Waals surface area contributed by atoms with E-state index in [1.165, 1.54) is 18.3 Å². The average molecular weight is 342 g/mol. The number of nitrogen functional groups attached to an aromatic ring is 1. The Hall–Kier alpha value is -2.02. The molecule has 7 heteroatoms. The van der Waals surface area contributed by atoms with Crippen molar-refractivity contribution in [2.24, 2.45) is 0 Å². The molecular formula is C13H10BrF2N3O. The van der Waals surface area contributed by atoms with Crippen LogP contribution in [0.5, 0.6) is 0 Å². The van der Waals surface area contributed by atoms with Crippen LogP contribution in [0.25, 0.3) is 0 Å². The van der Waals surface area contributed by atoms with Crippen molar-refractivity contribution in [2.75, 3.05) is 5.73 Å². The summed E-state index contributed by atoms with van der Waals surface area (Å²) in [5, 5.41) is 2.50. The topological polar surface area (TPSA) is 68.0 Å². The number of carbonyl (C=O) groups excluding carboxylic acids is 1. The predicted molar refractivity (Wildman–Crippen MR) is 73.9 cm³/mol. The van der Waals surface area contributed by atoms with Crippen molar-refractivity contribution in [3.05, 3.63) is 57.7 Å². The summed E-state index contributed by atoms with van der Waals surface area (Å²) in [4.78, 5) is 15.8. The van der Waals surface area contributed by atoms with Crippen LogP contribution in [0.1, 0.15) is 15.9 Å². The summed E-state index contributed by atoms with van der Waals surface area (Å²) in [6, 6.07) is 4.67. The zero-order valence-corrected chi connectivity index (χ0v) is 11.7. The highest BCUT2D eigenvalue weighted by molar-refractivity contribution is 9.10. The molecule has 4 nitrogen and oxygen atoms in total. The van der Waals surface area contributed by atoms with Gasteiger partial charge in [-0.2, -0.15) is 0 Å². The fraction of sp³-hybridized carbons (Fsp3) is 0.0769. The van der Waals surface area contributed by atoms with E-state index in [-0.39, 0.29) is 23.5 Å². The maximum atomic E-state index is 13.4. The number of amides is 1. The standard InChI is InChI=1S/C13H10BrF2N3O/c14-8-3-10(12(17)18-6-8)13(20)19-5-7-1-2-9(15)4-11(7)16/h1-4,6H,5H2,(H2,17,18)(H,19,20). The van der Waals surface area contributed by atoms with Crippen molar-refractivity contribution in [1.29, 1.82) is 0 Å². The van der Waals surface area contributed by atoms with Gasteiger partial charge < -0.3 is 11.1 Å². The van der Waals surface area contributed by atoms with Gasteiger partial charge in [0.2, 0.25) is 0 Å². The van der Waals surface area contributed by atoms with E-state index in [0.717, 1.165) is 12.1 Å². The molecule has 1 aromatic carbocycles. The Morgan fingerprint density at radius 3 is 2.80 bits per heavy atom. The molecular weight excluding hydrogens is 332 g/mol. The lowest BCUT2D eigenvalue weighted by Gasteiger charge is -2.08. The molecule has 0 aliphatic heterocycles. The average Bonchev–Trinajstić information content (AvgIpc) is 2.40. The minimum Gasteiger partial charge on any atom is -0.383 e. The molecule has 0 unspecified atom stereocenters. The fourth-order valence-corrected chi connectivity index (χ4v) is 1.90. The van der Waals surface area contributed by atoms with Crippen LogP contribution in [0.15, 0.2) is 34.9 Å². The number of nitrogens with two attached hydrogens (primary N) is 1. The molecule has 0 fully saturated rings. The molecule has 1 heterocycles. The molecule has 1 aromatic heterocycles. The Kier molecular flexibility index (Phi) is 4.29. The van der Waals surface area contributed by atoms with Gasteiger partial charge in [0.25, 0.3) is 5.91 Å². The molecule has 0 saturated carbocycles. The van der Waals surface area contributed by atoms with Crippen LogP contribution in [0, 0.1) is 11.6 Å². The van der Waals surface area contributed by atoms with E-state index >= 15 is 0 Å². The maximum Gasteiger partial charge on any atom is 0.255 e. The first-order valence-electron chi connectivity index (χ1n) is 5.60. The molecule has 0 bridgehead atoms. The largest absolute Gasteiger partial charge is 0.383 e. The Morgan fingerprint density at radius 2 is 2.10 bits per heavy atom. The molecule has 0 aliphatic rings. The molecule has 0 saturated heterocycles. The highest BCUT2D eigenvalue weighted by atomic mass is 79.9. The number of hydrogen-bond donors (Lipinski definition) is 2. The van der Waals surface area contributed by atoms with E-state index < -0.39 is 17.5 Å². The number of pyridine rings is 1. The van der Waals surface area contributed by atoms with Gasteiger partial charge in [-0.1, -0.05) is 6.07 Å². The molecule has 0 spiro atoms. The highest BCUT2D eigenvalue weighted by Crippen LogP contribution is 2.16. The Balaban J connectivity index is 2.10. The summed E-state index contributed by atoms with van der Waals surface area (Å²) in [5.74, 6) is -1.80. The number of nitrogens with one attached hydrogen (secondary N) is 1. The van der Waals surface area contributed by atoms with Gasteiger partial charge in [0.15, 0.2) is 0 Å². The van der Waals surface area contributed by atoms with Gasteiger partial charge in [0, 0.05) is 28.8 Å². The quantitative estimate of drug-likeness (QED) is 0.901. The highest BCUT2D eigenvalue weighted by Gasteiger charge is 2.12. The number of aromatic nitrogens is 1. The number of rotatable bonds is 3. The van der Waals surface area contributed by atoms with Crippen molar-refractivity contribution < 1.29 is 13.6 Å². The van der Waals surface area contributed by atoms with E-state index in [9.17, 15) is 13.6 Å². The van der Waals surface area contributed by atoms with E-state index in [2.05, 4.69) is 26.2 Å². The van der Waals surface area contributed by atoms with E-state index in [1.807, 2.05) is 0 Å². The first kappa shape index (κ1) is 14.4. The summed E-state index contributed by atoms with van der Waals surface area (Å²) >= 11 is 3.18. The van der Waals surface area contributed by atoms with E-state index in [1.54, 1.807) is 0 Å². The van der Waals surface area contributed by atoms with E-state index in [4.69, 9.17) is 5.73 Å². The normalized spacial score (nSPS) is 10.3. The van der Waals surface area contributed by atoms with Gasteiger partial charge in [-0.25, -0.2) is 13.8 Å². The first-order chi connectivity index (χ1) is 9.47. The van der Waals surface area contributed by atoms with Crippen LogP contribution < -0.4 is 11.1 Å². The summed E-state index contributed by atoms with van der Waals surface area (Å²) in [5.41, 5.74) is 5.96. The van der Waals surface area contributed by atoms with E-state index in [0.29, 0.717) is 4.47 Å². The number of nitrogens with zero attached hydrogens (tertiary/aromatic N) is 1. The summed E-state index contributed by atoms with van der Waals surface area (Å²) in [6.07, 6.45) is 1.46. The first-order valence-corrected chi connectivity index (χ1v) is 6.40. The second-order valence-corrected chi connectivity index (χ2v) is 4.92. The molecule has 104 valence electrons. The summed E-state index contributed by atoms with van der Waals surface area (Å²) in [6.45, 7) is -0.0725. The lowest BCUT2D eigenvalue weighted by atomic mass is 10.2. The molecule has 0 aliphatic carbocycles. The lowest BCUT2D eigenvalue weighted by Crippen LogP contribution is -2.24. The van der Waals surface area contributed by atoms with Gasteiger partial charge in [0.05, 0.1) is 5.56 Å². The minimum atomic E-state index is -0.717. The van der Waals surface area contributed by atoms with Crippen LogP contribution in [0.4, 0.5) is 14.6 Å². The summed E-state index contributed by atoms with van der Waals surface area (Å²) < 4.78 is 26.8. The SMILES string of the molecule is Nc1ncc(Br)cc1C(=O)NCc1ccc(F)cc1F. The molecule has 3 N–H and O–H groups in total. The third-order valence-corrected chi connectivity index (χ3v) is 3.02. The number of hydrogen-bond acceptors (Lipinski definition) is 3. The molecule has 0 radical (unpaired) electrons. The van der Waals surface area contributed by atoms with Crippen molar-refractivity contribution in [1.82, 2.24) is 10.3 Å². The fourth-order valence-electron chi connectivity index (χ4n) is 1.57. The third-order valence-electron chi connectivity index (χ3n) is 2.58.